The third kappa shape index (κ3) is 3.53. The van der Waals surface area contributed by atoms with Crippen LogP contribution in [0, 0.1) is 16.7 Å². The summed E-state index contributed by atoms with van der Waals surface area (Å²) in [5, 5.41) is 49.1. The summed E-state index contributed by atoms with van der Waals surface area (Å²) >= 11 is 0. The number of carbonyl (C=O) groups is 4. The highest BCUT2D eigenvalue weighted by atomic mass is 16.3. The SMILES string of the molecule is C[C@H]1c2c(NC(=O)CN(C)C)ccc(O)c2C(=O)C2=C(O)[C@]3(N=O)C(=O)C(C(N)=O)=C(O)C[C@@H]3[C@@H](O)[C@@H]21. The summed E-state index contributed by atoms with van der Waals surface area (Å²) in [6, 6.07) is 2.56. The zero-order valence-corrected chi connectivity index (χ0v) is 20.2. The molecule has 7 N–H and O–H groups in total. The number of nitrogens with one attached hydrogen (secondary N) is 1. The Labute approximate surface area is 210 Å². The van der Waals surface area contributed by atoms with Crippen LogP contribution in [0.1, 0.15) is 35.2 Å². The Balaban J connectivity index is 1.95. The number of ketones is 2. The molecule has 37 heavy (non-hydrogen) atoms. The van der Waals surface area contributed by atoms with Crippen molar-refractivity contribution in [2.75, 3.05) is 26.0 Å². The number of nitrogens with zero attached hydrogens (tertiary/aromatic N) is 2. The van der Waals surface area contributed by atoms with Gasteiger partial charge in [0.1, 0.15) is 22.8 Å². The van der Waals surface area contributed by atoms with Gasteiger partial charge >= 0.3 is 0 Å². The van der Waals surface area contributed by atoms with E-state index < -0.39 is 87.6 Å². The zero-order chi connectivity index (χ0) is 27.6. The Morgan fingerprint density at radius 3 is 2.43 bits per heavy atom. The van der Waals surface area contributed by atoms with E-state index in [0.717, 1.165) is 0 Å². The average molecular weight is 514 g/mol. The highest BCUT2D eigenvalue weighted by molar-refractivity contribution is 6.25. The van der Waals surface area contributed by atoms with Crippen LogP contribution in [0.3, 0.4) is 0 Å². The summed E-state index contributed by atoms with van der Waals surface area (Å²) in [6.07, 6.45) is -2.30. The largest absolute Gasteiger partial charge is 0.511 e. The minimum atomic E-state index is -2.79. The normalized spacial score (nSPS) is 29.0. The van der Waals surface area contributed by atoms with Crippen LogP contribution >= 0.6 is 0 Å². The van der Waals surface area contributed by atoms with Crippen molar-refractivity contribution in [2.45, 2.75) is 30.9 Å². The van der Waals surface area contributed by atoms with E-state index in [2.05, 4.69) is 10.5 Å². The van der Waals surface area contributed by atoms with Gasteiger partial charge in [-0.2, -0.15) is 0 Å². The van der Waals surface area contributed by atoms with Gasteiger partial charge in [-0.1, -0.05) is 6.92 Å². The Morgan fingerprint density at radius 2 is 1.86 bits per heavy atom. The molecule has 3 aliphatic rings. The van der Waals surface area contributed by atoms with Gasteiger partial charge in [0, 0.05) is 29.5 Å². The van der Waals surface area contributed by atoms with Crippen molar-refractivity contribution < 1.29 is 39.6 Å². The van der Waals surface area contributed by atoms with Gasteiger partial charge in [-0.3, -0.25) is 19.2 Å². The molecule has 0 saturated carbocycles. The van der Waals surface area contributed by atoms with Gasteiger partial charge in [-0.15, -0.1) is 4.91 Å². The van der Waals surface area contributed by atoms with Crippen LogP contribution in [0.25, 0.3) is 0 Å². The lowest BCUT2D eigenvalue weighted by atomic mass is 9.55. The number of aromatic hydroxyl groups is 1. The van der Waals surface area contributed by atoms with Crippen LogP contribution in [-0.4, -0.2) is 81.0 Å². The Bertz CT molecular complexity index is 1330. The molecule has 4 rings (SSSR count). The number of phenolic OH excluding ortho intramolecular Hbond substituents is 1. The number of benzene rings is 1. The first kappa shape index (κ1) is 26.0. The third-order valence-corrected chi connectivity index (χ3v) is 7.35. The quantitative estimate of drug-likeness (QED) is 0.180. The fraction of sp³-hybridized carbons (Fsp3) is 0.417. The first-order valence-electron chi connectivity index (χ1n) is 11.4. The van der Waals surface area contributed by atoms with Gasteiger partial charge < -0.3 is 36.4 Å². The van der Waals surface area contributed by atoms with Crippen LogP contribution in [-0.2, 0) is 14.4 Å². The van der Waals surface area contributed by atoms with Gasteiger partial charge in [0.25, 0.3) is 5.91 Å². The number of aliphatic hydroxyl groups excluding tert-OH is 3. The molecular weight excluding hydrogens is 488 g/mol. The zero-order valence-electron chi connectivity index (χ0n) is 20.2. The molecular formula is C24H26N4O9. The first-order valence-corrected chi connectivity index (χ1v) is 11.4. The fourth-order valence-electron chi connectivity index (χ4n) is 5.81. The summed E-state index contributed by atoms with van der Waals surface area (Å²) in [6.45, 7) is 1.59. The maximum absolute atomic E-state index is 13.7. The molecule has 0 spiro atoms. The predicted octanol–water partition coefficient (Wildman–Crippen LogP) is 0.387. The molecule has 196 valence electrons. The van der Waals surface area contributed by atoms with Crippen LogP contribution in [0.4, 0.5) is 5.69 Å². The van der Waals surface area contributed by atoms with Gasteiger partial charge in [-0.25, -0.2) is 0 Å². The van der Waals surface area contributed by atoms with E-state index in [1.807, 2.05) is 0 Å². The van der Waals surface area contributed by atoms with Gasteiger partial charge in [0.15, 0.2) is 5.78 Å². The Kier molecular flexibility index (Phi) is 6.16. The number of anilines is 1. The monoisotopic (exact) mass is 514 g/mol. The lowest BCUT2D eigenvalue weighted by molar-refractivity contribution is -0.130. The molecule has 3 aliphatic carbocycles. The van der Waals surface area contributed by atoms with Gasteiger partial charge in [-0.05, 0) is 42.9 Å². The molecule has 0 unspecified atom stereocenters. The Morgan fingerprint density at radius 1 is 1.22 bits per heavy atom. The van der Waals surface area contributed by atoms with E-state index in [-0.39, 0.29) is 23.4 Å². The molecule has 0 aromatic heterocycles. The number of nitrogens with two attached hydrogens (primary N) is 1. The van der Waals surface area contributed by atoms with Crippen molar-refractivity contribution in [3.8, 4) is 5.75 Å². The number of hydrogen-bond acceptors (Lipinski definition) is 11. The van der Waals surface area contributed by atoms with Crippen LogP contribution in [0.15, 0.2) is 40.0 Å². The lowest BCUT2D eigenvalue weighted by Crippen LogP contribution is -2.61. The number of carbonyl (C=O) groups excluding carboxylic acids is 4. The number of hydrogen-bond donors (Lipinski definition) is 6. The summed E-state index contributed by atoms with van der Waals surface area (Å²) in [5.74, 6) is -10.2. The van der Waals surface area contributed by atoms with Crippen molar-refractivity contribution in [1.82, 2.24) is 4.90 Å². The number of rotatable bonds is 5. The Hall–Kier alpha value is -4.10. The number of amides is 2. The smallest absolute Gasteiger partial charge is 0.255 e. The molecule has 13 heteroatoms. The van der Waals surface area contributed by atoms with Crippen molar-refractivity contribution in [2.24, 2.45) is 22.7 Å². The van der Waals surface area contributed by atoms with Gasteiger partial charge in [0.2, 0.25) is 17.2 Å². The molecule has 13 nitrogen and oxygen atoms in total. The van der Waals surface area contributed by atoms with Crippen LogP contribution in [0.2, 0.25) is 0 Å². The van der Waals surface area contributed by atoms with E-state index in [1.54, 1.807) is 25.9 Å². The van der Waals surface area contributed by atoms with Crippen molar-refractivity contribution in [3.05, 3.63) is 50.8 Å². The van der Waals surface area contributed by atoms with E-state index in [9.17, 15) is 44.5 Å². The molecule has 0 saturated heterocycles. The average Bonchev–Trinajstić information content (AvgIpc) is 2.80. The van der Waals surface area contributed by atoms with E-state index >= 15 is 0 Å². The second kappa shape index (κ2) is 8.78. The number of Topliss-reactive ketones (excluding diaryl/α,β-unsaturated/α-hetero) is 2. The third-order valence-electron chi connectivity index (χ3n) is 7.35. The molecule has 0 fully saturated rings. The number of allylic oxidation sites excluding steroid dienone is 1. The second-order valence-electron chi connectivity index (χ2n) is 9.79. The first-order chi connectivity index (χ1) is 17.3. The van der Waals surface area contributed by atoms with Crippen molar-refractivity contribution in [1.29, 1.82) is 0 Å². The lowest BCUT2D eigenvalue weighted by Gasteiger charge is -2.49. The van der Waals surface area contributed by atoms with Gasteiger partial charge in [0.05, 0.1) is 18.2 Å². The number of aliphatic hydroxyl groups is 3. The van der Waals surface area contributed by atoms with Crippen molar-refractivity contribution >= 4 is 29.1 Å². The molecule has 0 heterocycles. The molecule has 0 aliphatic heterocycles. The predicted molar refractivity (Wildman–Crippen MR) is 128 cm³/mol. The second-order valence-corrected chi connectivity index (χ2v) is 9.79. The number of likely N-dealkylation sites (N-methyl/N-ethyl adjacent to an activating group) is 1. The summed E-state index contributed by atoms with van der Waals surface area (Å²) in [4.78, 5) is 65.0. The minimum absolute atomic E-state index is 0.0154. The van der Waals surface area contributed by atoms with E-state index in [0.29, 0.717) is 0 Å². The molecule has 0 bridgehead atoms. The maximum atomic E-state index is 13.7. The number of phenols is 1. The van der Waals surface area contributed by atoms with Crippen molar-refractivity contribution in [3.63, 3.8) is 0 Å². The highest BCUT2D eigenvalue weighted by Gasteiger charge is 2.66. The molecule has 1 aromatic rings. The summed E-state index contributed by atoms with van der Waals surface area (Å²) < 4.78 is 0. The van der Waals surface area contributed by atoms with Crippen LogP contribution in [0.5, 0.6) is 5.75 Å². The fourth-order valence-corrected chi connectivity index (χ4v) is 5.81. The molecule has 2 amide bonds. The topological polar surface area (TPSA) is 220 Å². The van der Waals surface area contributed by atoms with Crippen LogP contribution < -0.4 is 11.1 Å². The van der Waals surface area contributed by atoms with E-state index in [1.165, 1.54) is 12.1 Å². The summed E-state index contributed by atoms with van der Waals surface area (Å²) in [7, 11) is 3.37. The molecule has 1 aromatic carbocycles. The number of nitroso groups, excluding NO2 is 1. The summed E-state index contributed by atoms with van der Waals surface area (Å²) in [5.41, 5.74) is 0.992. The maximum Gasteiger partial charge on any atom is 0.255 e. The molecule has 5 atom stereocenters. The highest BCUT2D eigenvalue weighted by Crippen LogP contribution is 2.57. The minimum Gasteiger partial charge on any atom is -0.511 e. The standard InChI is InChI=1S/C24H26N4O9/c1-8-14-10(26-13(31)7-28(2)3)4-5-11(29)16(14)20(33)18-15(8)19(32)9-6-12(30)17(23(25)36)21(34)24(9,27-37)22(18)35/h4-5,8-9,15,19,29-30,32,35H,6-7H2,1-3H3,(H2,25,36)(H,26,31)/t8-,9+,15+,19+,24+/m0/s1. The molecule has 0 radical (unpaired) electrons. The number of fused-ring (bicyclic) bond motifs is 3. The van der Waals surface area contributed by atoms with E-state index in [4.69, 9.17) is 5.73 Å². The number of primary amides is 1.